The molecule has 0 aliphatic carbocycles. The van der Waals surface area contributed by atoms with Crippen LogP contribution in [0.4, 0.5) is 11.6 Å². The maximum Gasteiger partial charge on any atom is 0.227 e. The van der Waals surface area contributed by atoms with Gasteiger partial charge in [-0.25, -0.2) is 9.97 Å². The molecule has 3 N–H and O–H groups in total. The fraction of sp³-hybridized carbons (Fsp3) is 0.240. The Bertz CT molecular complexity index is 1160. The van der Waals surface area contributed by atoms with Crippen LogP contribution >= 0.6 is 0 Å². The highest BCUT2D eigenvalue weighted by Gasteiger charge is 2.13. The first-order valence-electron chi connectivity index (χ1n) is 11.0. The summed E-state index contributed by atoms with van der Waals surface area (Å²) < 4.78 is 0. The Labute approximate surface area is 187 Å². The van der Waals surface area contributed by atoms with Crippen molar-refractivity contribution in [3.05, 3.63) is 78.1 Å². The SMILES string of the molecule is Cc1ccc(-c2[nH]ncc2-c2ccnc(Nc3ccc(CN4CCNCC4)cc3)n2)cc1. The molecular formula is C25H27N7. The number of H-pyrrole nitrogens is 1. The largest absolute Gasteiger partial charge is 0.324 e. The molecule has 7 nitrogen and oxygen atoms in total. The van der Waals surface area contributed by atoms with Gasteiger partial charge in [0, 0.05) is 55.7 Å². The normalized spacial score (nSPS) is 14.4. The highest BCUT2D eigenvalue weighted by molar-refractivity contribution is 5.78. The van der Waals surface area contributed by atoms with Crippen LogP contribution in [0.1, 0.15) is 11.1 Å². The lowest BCUT2D eigenvalue weighted by molar-refractivity contribution is 0.233. The Morgan fingerprint density at radius 1 is 0.969 bits per heavy atom. The van der Waals surface area contributed by atoms with Crippen molar-refractivity contribution >= 4 is 11.6 Å². The number of benzene rings is 2. The summed E-state index contributed by atoms with van der Waals surface area (Å²) in [5.41, 5.74) is 7.31. The summed E-state index contributed by atoms with van der Waals surface area (Å²) in [6.07, 6.45) is 3.58. The van der Waals surface area contributed by atoms with E-state index in [4.69, 9.17) is 4.98 Å². The average molecular weight is 426 g/mol. The van der Waals surface area contributed by atoms with Crippen LogP contribution in [0.15, 0.2) is 67.0 Å². The van der Waals surface area contributed by atoms with Gasteiger partial charge >= 0.3 is 0 Å². The number of nitrogens with zero attached hydrogens (tertiary/aromatic N) is 4. The van der Waals surface area contributed by atoms with E-state index in [1.165, 1.54) is 11.1 Å². The van der Waals surface area contributed by atoms with Crippen molar-refractivity contribution in [2.24, 2.45) is 0 Å². The standard InChI is InChI=1S/C25H27N7/c1-18-2-6-20(7-3-18)24-22(16-28-31-24)23-10-11-27-25(30-23)29-21-8-4-19(5-9-21)17-32-14-12-26-13-15-32/h2-11,16,26H,12-15,17H2,1H3,(H,28,31)(H,27,29,30). The van der Waals surface area contributed by atoms with Gasteiger partial charge in [-0.2, -0.15) is 5.10 Å². The monoisotopic (exact) mass is 425 g/mol. The van der Waals surface area contributed by atoms with Crippen LogP contribution in [0.5, 0.6) is 0 Å². The lowest BCUT2D eigenvalue weighted by Gasteiger charge is -2.27. The topological polar surface area (TPSA) is 81.8 Å². The smallest absolute Gasteiger partial charge is 0.227 e. The van der Waals surface area contributed by atoms with Gasteiger partial charge in [0.1, 0.15) is 0 Å². The van der Waals surface area contributed by atoms with Crippen LogP contribution < -0.4 is 10.6 Å². The van der Waals surface area contributed by atoms with Crippen LogP contribution in [-0.4, -0.2) is 51.2 Å². The van der Waals surface area contributed by atoms with Crippen molar-refractivity contribution in [2.75, 3.05) is 31.5 Å². The zero-order valence-electron chi connectivity index (χ0n) is 18.2. The molecule has 3 heterocycles. The predicted octanol–water partition coefficient (Wildman–Crippen LogP) is 3.99. The Kier molecular flexibility index (Phi) is 5.91. The molecule has 0 amide bonds. The van der Waals surface area contributed by atoms with Crippen LogP contribution in [0.2, 0.25) is 0 Å². The van der Waals surface area contributed by atoms with E-state index in [9.17, 15) is 0 Å². The summed E-state index contributed by atoms with van der Waals surface area (Å²) in [4.78, 5) is 11.6. The summed E-state index contributed by atoms with van der Waals surface area (Å²) in [5, 5.41) is 14.1. The average Bonchev–Trinajstić information content (AvgIpc) is 3.32. The number of aromatic nitrogens is 4. The van der Waals surface area contributed by atoms with Crippen LogP contribution in [-0.2, 0) is 6.54 Å². The third kappa shape index (κ3) is 4.69. The van der Waals surface area contributed by atoms with Gasteiger partial charge in [0.15, 0.2) is 0 Å². The molecular weight excluding hydrogens is 398 g/mol. The van der Waals surface area contributed by atoms with E-state index in [0.29, 0.717) is 5.95 Å². The molecule has 32 heavy (non-hydrogen) atoms. The molecule has 1 saturated heterocycles. The Balaban J connectivity index is 1.31. The number of nitrogens with one attached hydrogen (secondary N) is 3. The molecule has 0 bridgehead atoms. The molecule has 0 atom stereocenters. The fourth-order valence-electron chi connectivity index (χ4n) is 3.94. The molecule has 2 aromatic carbocycles. The lowest BCUT2D eigenvalue weighted by Crippen LogP contribution is -2.42. The Hall–Kier alpha value is -3.55. The fourth-order valence-corrected chi connectivity index (χ4v) is 3.94. The minimum absolute atomic E-state index is 0.563. The molecule has 7 heteroatoms. The van der Waals surface area contributed by atoms with Crippen LogP contribution in [0, 0.1) is 6.92 Å². The van der Waals surface area contributed by atoms with E-state index >= 15 is 0 Å². The number of hydrogen-bond acceptors (Lipinski definition) is 6. The first-order chi connectivity index (χ1) is 15.7. The second-order valence-electron chi connectivity index (χ2n) is 8.14. The van der Waals surface area contributed by atoms with Crippen molar-refractivity contribution in [1.29, 1.82) is 0 Å². The number of piperazine rings is 1. The van der Waals surface area contributed by atoms with Gasteiger partial charge in [0.25, 0.3) is 0 Å². The van der Waals surface area contributed by atoms with Crippen LogP contribution in [0.25, 0.3) is 22.5 Å². The Morgan fingerprint density at radius 2 is 1.75 bits per heavy atom. The molecule has 5 rings (SSSR count). The first-order valence-corrected chi connectivity index (χ1v) is 11.0. The molecule has 1 aliphatic rings. The zero-order valence-corrected chi connectivity index (χ0v) is 18.2. The molecule has 0 radical (unpaired) electrons. The highest BCUT2D eigenvalue weighted by atomic mass is 15.2. The van der Waals surface area contributed by atoms with Crippen molar-refractivity contribution in [3.63, 3.8) is 0 Å². The van der Waals surface area contributed by atoms with Crippen molar-refractivity contribution in [1.82, 2.24) is 30.4 Å². The van der Waals surface area contributed by atoms with E-state index in [1.54, 1.807) is 6.20 Å². The van der Waals surface area contributed by atoms with Gasteiger partial charge in [-0.1, -0.05) is 42.0 Å². The maximum atomic E-state index is 4.73. The maximum absolute atomic E-state index is 4.73. The zero-order chi connectivity index (χ0) is 21.8. The summed E-state index contributed by atoms with van der Waals surface area (Å²) in [5.74, 6) is 0.563. The summed E-state index contributed by atoms with van der Waals surface area (Å²) in [7, 11) is 0. The van der Waals surface area contributed by atoms with Gasteiger partial charge in [-0.15, -0.1) is 0 Å². The van der Waals surface area contributed by atoms with E-state index in [-0.39, 0.29) is 0 Å². The molecule has 162 valence electrons. The minimum Gasteiger partial charge on any atom is -0.324 e. The van der Waals surface area contributed by atoms with Crippen molar-refractivity contribution < 1.29 is 0 Å². The number of aryl methyl sites for hydroxylation is 1. The summed E-state index contributed by atoms with van der Waals surface area (Å²) >= 11 is 0. The molecule has 4 aromatic rings. The van der Waals surface area contributed by atoms with Gasteiger partial charge < -0.3 is 10.6 Å². The Morgan fingerprint density at radius 3 is 2.53 bits per heavy atom. The number of aromatic amines is 1. The lowest BCUT2D eigenvalue weighted by atomic mass is 10.0. The van der Waals surface area contributed by atoms with Crippen LogP contribution in [0.3, 0.4) is 0 Å². The van der Waals surface area contributed by atoms with Gasteiger partial charge in [0.05, 0.1) is 17.6 Å². The molecule has 0 spiro atoms. The van der Waals surface area contributed by atoms with Gasteiger partial charge in [0.2, 0.25) is 5.95 Å². The van der Waals surface area contributed by atoms with E-state index in [1.807, 2.05) is 12.3 Å². The van der Waals surface area contributed by atoms with Crippen molar-refractivity contribution in [2.45, 2.75) is 13.5 Å². The van der Waals surface area contributed by atoms with Gasteiger partial charge in [-0.05, 0) is 30.7 Å². The predicted molar refractivity (Wildman–Crippen MR) is 128 cm³/mol. The second-order valence-corrected chi connectivity index (χ2v) is 8.14. The van der Waals surface area contributed by atoms with Gasteiger partial charge in [-0.3, -0.25) is 10.00 Å². The van der Waals surface area contributed by atoms with Crippen molar-refractivity contribution in [3.8, 4) is 22.5 Å². The number of anilines is 2. The molecule has 0 saturated carbocycles. The highest BCUT2D eigenvalue weighted by Crippen LogP contribution is 2.29. The third-order valence-corrected chi connectivity index (χ3v) is 5.74. The second kappa shape index (κ2) is 9.30. The molecule has 2 aromatic heterocycles. The number of hydrogen-bond donors (Lipinski definition) is 3. The molecule has 1 aliphatic heterocycles. The third-order valence-electron chi connectivity index (χ3n) is 5.74. The first kappa shape index (κ1) is 20.4. The van der Waals surface area contributed by atoms with E-state index in [0.717, 1.165) is 60.9 Å². The molecule has 0 unspecified atom stereocenters. The van der Waals surface area contributed by atoms with E-state index < -0.39 is 0 Å². The molecule has 1 fully saturated rings. The summed E-state index contributed by atoms with van der Waals surface area (Å²) in [6.45, 7) is 7.39. The quantitative estimate of drug-likeness (QED) is 0.433. The van der Waals surface area contributed by atoms with E-state index in [2.05, 4.69) is 86.2 Å². The summed E-state index contributed by atoms with van der Waals surface area (Å²) in [6, 6.07) is 18.8. The number of rotatable bonds is 6. The minimum atomic E-state index is 0.563.